The highest BCUT2D eigenvalue weighted by atomic mass is 32.2. The molecule has 0 radical (unpaired) electrons. The zero-order valence-electron chi connectivity index (χ0n) is 13.2. The Balaban J connectivity index is 1.77. The molecule has 2 aliphatic rings. The van der Waals surface area contributed by atoms with Gasteiger partial charge in [-0.1, -0.05) is 0 Å². The molecule has 2 fully saturated rings. The molecule has 2 saturated heterocycles. The van der Waals surface area contributed by atoms with Crippen LogP contribution in [0.2, 0.25) is 0 Å². The number of nitrogens with one attached hydrogen (secondary N) is 1. The molecule has 0 aliphatic carbocycles. The molecule has 1 atom stereocenters. The van der Waals surface area contributed by atoms with Crippen LogP contribution in [0.4, 0.5) is 0 Å². The molecule has 0 amide bonds. The van der Waals surface area contributed by atoms with Crippen molar-refractivity contribution in [2.45, 2.75) is 39.2 Å². The number of nitrogens with zero attached hydrogens (tertiary/aromatic N) is 2. The van der Waals surface area contributed by atoms with Gasteiger partial charge < -0.3 is 10.0 Å². The van der Waals surface area contributed by atoms with Gasteiger partial charge in [0.15, 0.2) is 0 Å². The lowest BCUT2D eigenvalue weighted by atomic mass is 10.00. The number of aliphatic hydroxyl groups excluding tert-OH is 1. The number of aliphatic hydroxyl groups is 1. The maximum absolute atomic E-state index is 12.3. The predicted octanol–water partition coefficient (Wildman–Crippen LogP) is 0.255. The summed E-state index contributed by atoms with van der Waals surface area (Å²) in [6, 6.07) is 0.532. The van der Waals surface area contributed by atoms with Crippen LogP contribution in [-0.4, -0.2) is 68.1 Å². The van der Waals surface area contributed by atoms with E-state index < -0.39 is 10.2 Å². The molecule has 2 rings (SSSR count). The smallest absolute Gasteiger partial charge is 0.279 e. The van der Waals surface area contributed by atoms with Crippen LogP contribution in [0.15, 0.2) is 0 Å². The Morgan fingerprint density at radius 1 is 1.14 bits per heavy atom. The van der Waals surface area contributed by atoms with E-state index in [9.17, 15) is 8.42 Å². The highest BCUT2D eigenvalue weighted by Gasteiger charge is 2.30. The molecule has 6 nitrogen and oxygen atoms in total. The van der Waals surface area contributed by atoms with E-state index >= 15 is 0 Å². The number of hydrogen-bond acceptors (Lipinski definition) is 4. The summed E-state index contributed by atoms with van der Waals surface area (Å²) in [5, 5.41) is 9.11. The van der Waals surface area contributed by atoms with E-state index in [-0.39, 0.29) is 12.5 Å². The minimum atomic E-state index is -3.36. The van der Waals surface area contributed by atoms with Gasteiger partial charge >= 0.3 is 0 Å². The van der Waals surface area contributed by atoms with Crippen molar-refractivity contribution in [3.8, 4) is 0 Å². The van der Waals surface area contributed by atoms with Gasteiger partial charge in [-0.05, 0) is 51.5 Å². The van der Waals surface area contributed by atoms with E-state index in [1.807, 2.05) is 0 Å². The van der Waals surface area contributed by atoms with Crippen molar-refractivity contribution < 1.29 is 13.5 Å². The molecule has 2 heterocycles. The third-order valence-corrected chi connectivity index (χ3v) is 6.35. The van der Waals surface area contributed by atoms with Crippen molar-refractivity contribution in [3.05, 3.63) is 0 Å². The molecule has 0 aromatic carbocycles. The zero-order valence-corrected chi connectivity index (χ0v) is 14.0. The van der Waals surface area contributed by atoms with Gasteiger partial charge in [0.1, 0.15) is 0 Å². The zero-order chi connectivity index (χ0) is 15.5. The Kier molecular flexibility index (Phi) is 6.02. The van der Waals surface area contributed by atoms with Crippen molar-refractivity contribution in [2.75, 3.05) is 39.3 Å². The van der Waals surface area contributed by atoms with E-state index in [1.54, 1.807) is 0 Å². The lowest BCUT2D eigenvalue weighted by Crippen LogP contribution is -2.46. The summed E-state index contributed by atoms with van der Waals surface area (Å²) in [7, 11) is -3.36. The topological polar surface area (TPSA) is 72.9 Å². The van der Waals surface area contributed by atoms with Crippen LogP contribution in [0.1, 0.15) is 33.1 Å². The average Bonchev–Trinajstić information content (AvgIpc) is 2.94. The first-order valence-corrected chi connectivity index (χ1v) is 9.46. The van der Waals surface area contributed by atoms with Gasteiger partial charge in [-0.25, -0.2) is 4.72 Å². The number of piperidine rings is 1. The summed E-state index contributed by atoms with van der Waals surface area (Å²) >= 11 is 0. The molecule has 124 valence electrons. The first kappa shape index (κ1) is 17.1. The molecule has 0 aromatic heterocycles. The van der Waals surface area contributed by atoms with Crippen LogP contribution in [0.25, 0.3) is 0 Å². The first-order valence-electron chi connectivity index (χ1n) is 8.02. The molecule has 0 spiro atoms. The van der Waals surface area contributed by atoms with Gasteiger partial charge in [-0.3, -0.25) is 0 Å². The normalized spacial score (nSPS) is 26.8. The van der Waals surface area contributed by atoms with Crippen molar-refractivity contribution in [2.24, 2.45) is 11.8 Å². The third kappa shape index (κ3) is 4.63. The molecule has 0 saturated carbocycles. The largest absolute Gasteiger partial charge is 0.396 e. The number of hydrogen-bond donors (Lipinski definition) is 2. The molecule has 2 N–H and O–H groups in total. The summed E-state index contributed by atoms with van der Waals surface area (Å²) in [5.41, 5.74) is 0. The van der Waals surface area contributed by atoms with Crippen LogP contribution in [0.3, 0.4) is 0 Å². The molecule has 0 aromatic rings. The minimum Gasteiger partial charge on any atom is -0.396 e. The molecular formula is C14H29N3O3S. The van der Waals surface area contributed by atoms with E-state index in [1.165, 1.54) is 4.31 Å². The van der Waals surface area contributed by atoms with Gasteiger partial charge in [-0.2, -0.15) is 12.7 Å². The predicted molar refractivity (Wildman–Crippen MR) is 83.1 cm³/mol. The van der Waals surface area contributed by atoms with E-state index in [0.717, 1.165) is 32.4 Å². The first-order chi connectivity index (χ1) is 9.92. The van der Waals surface area contributed by atoms with Gasteiger partial charge in [0.25, 0.3) is 10.2 Å². The summed E-state index contributed by atoms with van der Waals surface area (Å²) in [4.78, 5) is 2.39. The highest BCUT2D eigenvalue weighted by Crippen LogP contribution is 2.20. The molecule has 0 bridgehead atoms. The minimum absolute atomic E-state index is 0.161. The summed E-state index contributed by atoms with van der Waals surface area (Å²) < 4.78 is 28.9. The van der Waals surface area contributed by atoms with E-state index in [0.29, 0.717) is 31.6 Å². The van der Waals surface area contributed by atoms with Crippen LogP contribution in [-0.2, 0) is 10.2 Å². The highest BCUT2D eigenvalue weighted by molar-refractivity contribution is 7.87. The Morgan fingerprint density at radius 2 is 1.76 bits per heavy atom. The van der Waals surface area contributed by atoms with Crippen molar-refractivity contribution in [1.29, 1.82) is 0 Å². The summed E-state index contributed by atoms with van der Waals surface area (Å²) in [5.74, 6) is 0.669. The molecule has 2 aliphatic heterocycles. The maximum atomic E-state index is 12.3. The fourth-order valence-corrected chi connectivity index (χ4v) is 4.47. The van der Waals surface area contributed by atoms with E-state index in [2.05, 4.69) is 23.5 Å². The van der Waals surface area contributed by atoms with Crippen molar-refractivity contribution in [1.82, 2.24) is 13.9 Å². The molecule has 7 heteroatoms. The molecule has 1 unspecified atom stereocenters. The Bertz CT molecular complexity index is 419. The Morgan fingerprint density at radius 3 is 2.29 bits per heavy atom. The van der Waals surface area contributed by atoms with Gasteiger partial charge in [0, 0.05) is 38.8 Å². The van der Waals surface area contributed by atoms with E-state index in [4.69, 9.17) is 5.11 Å². The lowest BCUT2D eigenvalue weighted by Gasteiger charge is -2.30. The quantitative estimate of drug-likeness (QED) is 0.736. The van der Waals surface area contributed by atoms with Crippen LogP contribution < -0.4 is 4.72 Å². The van der Waals surface area contributed by atoms with Crippen LogP contribution >= 0.6 is 0 Å². The summed E-state index contributed by atoms with van der Waals surface area (Å²) in [6.45, 7) is 8.13. The second-order valence-electron chi connectivity index (χ2n) is 6.62. The third-order valence-electron chi connectivity index (χ3n) is 4.77. The van der Waals surface area contributed by atoms with Gasteiger partial charge in [0.2, 0.25) is 0 Å². The monoisotopic (exact) mass is 319 g/mol. The molecular weight excluding hydrogens is 290 g/mol. The van der Waals surface area contributed by atoms with Crippen LogP contribution in [0, 0.1) is 11.8 Å². The molecule has 21 heavy (non-hydrogen) atoms. The maximum Gasteiger partial charge on any atom is 0.279 e. The van der Waals surface area contributed by atoms with Gasteiger partial charge in [-0.15, -0.1) is 0 Å². The fraction of sp³-hybridized carbons (Fsp3) is 1.00. The second kappa shape index (κ2) is 7.37. The van der Waals surface area contributed by atoms with Crippen molar-refractivity contribution >= 4 is 10.2 Å². The average molecular weight is 319 g/mol. The second-order valence-corrected chi connectivity index (χ2v) is 8.38. The van der Waals surface area contributed by atoms with Crippen LogP contribution in [0.5, 0.6) is 0 Å². The Hall–Kier alpha value is -0.210. The fourth-order valence-electron chi connectivity index (χ4n) is 3.14. The summed E-state index contributed by atoms with van der Waals surface area (Å²) in [6.07, 6.45) is 2.57. The standard InChI is InChI=1S/C14H29N3O3S/c1-12(2)16-6-3-14(10-16)9-15-21(19,20)17-7-4-13(11-18)5-8-17/h12-15,18H,3-11H2,1-2H3. The Labute approximate surface area is 128 Å². The van der Waals surface area contributed by atoms with Crippen molar-refractivity contribution in [3.63, 3.8) is 0 Å². The number of rotatable bonds is 6. The number of likely N-dealkylation sites (tertiary alicyclic amines) is 1. The van der Waals surface area contributed by atoms with Gasteiger partial charge in [0.05, 0.1) is 0 Å². The lowest BCUT2D eigenvalue weighted by molar-refractivity contribution is 0.169. The SMILES string of the molecule is CC(C)N1CCC(CNS(=O)(=O)N2CCC(CO)CC2)C1.